The first-order valence-corrected chi connectivity index (χ1v) is 21.4. The van der Waals surface area contributed by atoms with Crippen molar-refractivity contribution in [2.45, 2.75) is 44.2 Å². The molecule has 0 radical (unpaired) electrons. The van der Waals surface area contributed by atoms with Crippen LogP contribution in [0, 0.1) is 0 Å². The summed E-state index contributed by atoms with van der Waals surface area (Å²) in [5.41, 5.74) is 14.2. The first-order valence-electron chi connectivity index (χ1n) is 21.4. The van der Waals surface area contributed by atoms with Gasteiger partial charge in [-0.2, -0.15) is 0 Å². The first-order chi connectivity index (χ1) is 29.9. The number of para-hydroxylation sites is 3. The van der Waals surface area contributed by atoms with Crippen LogP contribution in [0.2, 0.25) is 0 Å². The molecule has 0 bridgehead atoms. The maximum atomic E-state index is 6.96. The van der Waals surface area contributed by atoms with Crippen LogP contribution in [0.4, 0.5) is 0 Å². The average molecular weight is 789 g/mol. The zero-order valence-corrected chi connectivity index (χ0v) is 34.5. The van der Waals surface area contributed by atoms with Crippen molar-refractivity contribution in [3.63, 3.8) is 0 Å². The summed E-state index contributed by atoms with van der Waals surface area (Å²) in [6, 6.07) is 58.6. The average Bonchev–Trinajstić information content (AvgIpc) is 3.84. The van der Waals surface area contributed by atoms with E-state index in [4.69, 9.17) is 14.4 Å². The van der Waals surface area contributed by atoms with Crippen LogP contribution in [0.1, 0.15) is 66.7 Å². The highest BCUT2D eigenvalue weighted by atomic mass is 16.3. The Kier molecular flexibility index (Phi) is 7.91. The number of furan rings is 1. The van der Waals surface area contributed by atoms with Crippen LogP contribution in [0.25, 0.3) is 61.8 Å². The molecule has 2 unspecified atom stereocenters. The fraction of sp³-hybridized carbons (Fsp3) is 0.143. The van der Waals surface area contributed by atoms with Gasteiger partial charge in [0.2, 0.25) is 0 Å². The standard InChI is InChI=1S/C56H44N4O/c1-55(2)44-24-12-10-20-38(44)39-29-28-36(32-46(39)55)53-57-34-47(35-16-6-4-7-17-35)58-54(59-53)42-23-14-22-41-51-45(25-15-27-50(51)61-52(41)42)56(3)31-30-49-43(33-56)40-21-11-13-26-48(40)60(49)37-18-8-5-9-19-37/h4-30,32-33,53,57H,31,34H2,1-3H3. The first kappa shape index (κ1) is 35.8. The van der Waals surface area contributed by atoms with Crippen LogP contribution < -0.4 is 15.9 Å². The zero-order chi connectivity index (χ0) is 40.9. The summed E-state index contributed by atoms with van der Waals surface area (Å²) in [7, 11) is 0. The molecule has 12 rings (SSSR count). The third kappa shape index (κ3) is 5.50. The molecule has 61 heavy (non-hydrogen) atoms. The maximum Gasteiger partial charge on any atom is 0.160 e. The molecule has 0 amide bonds. The quantitative estimate of drug-likeness (QED) is 0.189. The van der Waals surface area contributed by atoms with Crippen molar-refractivity contribution >= 4 is 56.5 Å². The molecule has 0 fully saturated rings. The lowest BCUT2D eigenvalue weighted by atomic mass is 9.75. The third-order valence-electron chi connectivity index (χ3n) is 13.5. The summed E-state index contributed by atoms with van der Waals surface area (Å²) in [5, 5.41) is 9.77. The van der Waals surface area contributed by atoms with Gasteiger partial charge >= 0.3 is 0 Å². The van der Waals surface area contributed by atoms with Gasteiger partial charge in [-0.3, -0.25) is 5.32 Å². The van der Waals surface area contributed by atoms with Gasteiger partial charge in [-0.05, 0) is 75.7 Å². The Morgan fingerprint density at radius 2 is 1.36 bits per heavy atom. The molecule has 0 saturated heterocycles. The van der Waals surface area contributed by atoms with Crippen molar-refractivity contribution in [1.82, 2.24) is 9.88 Å². The molecular weight excluding hydrogens is 745 g/mol. The van der Waals surface area contributed by atoms with Crippen molar-refractivity contribution in [3.8, 4) is 16.8 Å². The molecule has 294 valence electrons. The number of benzene rings is 7. The Bertz CT molecular complexity index is 3440. The number of nitrogens with zero attached hydrogens (tertiary/aromatic N) is 3. The molecule has 1 aliphatic heterocycles. The monoisotopic (exact) mass is 788 g/mol. The van der Waals surface area contributed by atoms with Gasteiger partial charge in [0, 0.05) is 49.8 Å². The second kappa shape index (κ2) is 13.5. The molecule has 0 spiro atoms. The van der Waals surface area contributed by atoms with E-state index in [1.54, 1.807) is 0 Å². The van der Waals surface area contributed by atoms with Gasteiger partial charge in [-0.25, -0.2) is 9.98 Å². The molecule has 2 aliphatic carbocycles. The fourth-order valence-electron chi connectivity index (χ4n) is 10.4. The maximum absolute atomic E-state index is 6.96. The van der Waals surface area contributed by atoms with Gasteiger partial charge < -0.3 is 8.98 Å². The van der Waals surface area contributed by atoms with Crippen LogP contribution in [0.3, 0.4) is 0 Å². The zero-order valence-electron chi connectivity index (χ0n) is 34.5. The largest absolute Gasteiger partial charge is 0.455 e. The minimum atomic E-state index is -0.321. The summed E-state index contributed by atoms with van der Waals surface area (Å²) < 4.78 is 9.37. The number of hydrogen-bond donors (Lipinski definition) is 1. The Hall–Kier alpha value is -7.08. The lowest BCUT2D eigenvalue weighted by Gasteiger charge is -2.28. The van der Waals surface area contributed by atoms with Crippen molar-refractivity contribution in [2.24, 2.45) is 9.98 Å². The molecule has 0 saturated carbocycles. The summed E-state index contributed by atoms with van der Waals surface area (Å²) in [6.45, 7) is 7.59. The third-order valence-corrected chi connectivity index (χ3v) is 13.5. The highest BCUT2D eigenvalue weighted by Gasteiger charge is 2.36. The Balaban J connectivity index is 1.02. The van der Waals surface area contributed by atoms with E-state index in [0.29, 0.717) is 12.4 Å². The molecule has 5 heteroatoms. The van der Waals surface area contributed by atoms with Crippen molar-refractivity contribution in [2.75, 3.05) is 6.54 Å². The number of fused-ring (bicyclic) bond motifs is 9. The van der Waals surface area contributed by atoms with E-state index >= 15 is 0 Å². The van der Waals surface area contributed by atoms with Gasteiger partial charge in [0.05, 0.1) is 16.8 Å². The predicted octanol–water partition coefficient (Wildman–Crippen LogP) is 11.3. The van der Waals surface area contributed by atoms with Gasteiger partial charge in [0.15, 0.2) is 5.84 Å². The molecule has 3 heterocycles. The van der Waals surface area contributed by atoms with Gasteiger partial charge in [-0.15, -0.1) is 0 Å². The molecule has 9 aromatic rings. The fourth-order valence-corrected chi connectivity index (χ4v) is 10.4. The van der Waals surface area contributed by atoms with Crippen LogP contribution in [-0.2, 0) is 10.8 Å². The number of aliphatic imine (C=N–C) groups is 2. The highest BCUT2D eigenvalue weighted by molar-refractivity contribution is 6.20. The van der Waals surface area contributed by atoms with Crippen molar-refractivity contribution < 1.29 is 4.42 Å². The van der Waals surface area contributed by atoms with Crippen molar-refractivity contribution in [1.29, 1.82) is 0 Å². The lowest BCUT2D eigenvalue weighted by molar-refractivity contribution is 0.601. The number of hydrogen-bond acceptors (Lipinski definition) is 4. The number of rotatable bonds is 5. The Labute approximate surface area is 354 Å². The minimum absolute atomic E-state index is 0.118. The van der Waals surface area contributed by atoms with Crippen LogP contribution in [0.5, 0.6) is 0 Å². The van der Waals surface area contributed by atoms with Crippen LogP contribution in [-0.4, -0.2) is 22.7 Å². The highest BCUT2D eigenvalue weighted by Crippen LogP contribution is 2.49. The second-order valence-corrected chi connectivity index (χ2v) is 17.6. The van der Waals surface area contributed by atoms with E-state index in [-0.39, 0.29) is 17.0 Å². The van der Waals surface area contributed by atoms with E-state index in [9.17, 15) is 0 Å². The molecule has 7 aromatic carbocycles. The summed E-state index contributed by atoms with van der Waals surface area (Å²) in [6.07, 6.45) is 5.46. The lowest BCUT2D eigenvalue weighted by Crippen LogP contribution is -2.37. The normalized spacial score (nSPS) is 19.0. The van der Waals surface area contributed by atoms with E-state index in [2.05, 4.69) is 201 Å². The van der Waals surface area contributed by atoms with E-state index in [1.807, 2.05) is 6.07 Å². The molecule has 2 atom stereocenters. The Morgan fingerprint density at radius 3 is 2.23 bits per heavy atom. The van der Waals surface area contributed by atoms with Gasteiger partial charge in [0.25, 0.3) is 0 Å². The molecule has 3 aliphatic rings. The number of amidine groups is 1. The topological polar surface area (TPSA) is 54.8 Å². The van der Waals surface area contributed by atoms with Crippen LogP contribution >= 0.6 is 0 Å². The summed E-state index contributed by atoms with van der Waals surface area (Å²) >= 11 is 0. The van der Waals surface area contributed by atoms with Crippen molar-refractivity contribution in [3.05, 3.63) is 208 Å². The molecule has 2 aromatic heterocycles. The van der Waals surface area contributed by atoms with Gasteiger partial charge in [0.1, 0.15) is 17.3 Å². The Morgan fingerprint density at radius 1 is 0.656 bits per heavy atom. The molecule has 1 N–H and O–H groups in total. The number of aromatic nitrogens is 1. The van der Waals surface area contributed by atoms with E-state index in [1.165, 1.54) is 55.0 Å². The predicted molar refractivity (Wildman–Crippen MR) is 251 cm³/mol. The van der Waals surface area contributed by atoms with E-state index < -0.39 is 0 Å². The summed E-state index contributed by atoms with van der Waals surface area (Å²) in [5.74, 6) is 0.658. The van der Waals surface area contributed by atoms with Gasteiger partial charge in [-0.1, -0.05) is 166 Å². The van der Waals surface area contributed by atoms with Crippen LogP contribution in [0.15, 0.2) is 178 Å². The smallest absolute Gasteiger partial charge is 0.160 e. The molecule has 5 nitrogen and oxygen atoms in total. The molecular formula is C56H44N4O. The summed E-state index contributed by atoms with van der Waals surface area (Å²) in [4.78, 5) is 10.9. The second-order valence-electron chi connectivity index (χ2n) is 17.6. The van der Waals surface area contributed by atoms with E-state index in [0.717, 1.165) is 50.8 Å². The SMILES string of the molecule is CC1(c2cccc3oc4c(C5=NC(c6ccc7c(c6)C(C)(C)c6ccccc6-7)NCC(c6ccccc6)=N5)cccc4c23)C=c2c(n(-c3ccccc3)c3ccccc23)=CC1. The number of nitrogens with one attached hydrogen (secondary N) is 1. The minimum Gasteiger partial charge on any atom is -0.455 e.